The predicted octanol–water partition coefficient (Wildman–Crippen LogP) is 6.90. The molecule has 218 valence electrons. The number of rotatable bonds is 3. The summed E-state index contributed by atoms with van der Waals surface area (Å²) in [7, 11) is -4.69. The second-order valence-corrected chi connectivity index (χ2v) is 14.3. The van der Waals surface area contributed by atoms with Crippen LogP contribution in [0.4, 0.5) is 5.69 Å². The molecule has 5 aliphatic heterocycles. The van der Waals surface area contributed by atoms with E-state index in [2.05, 4.69) is 45.9 Å². The molecule has 6 aliphatic rings. The first kappa shape index (κ1) is 26.5. The maximum Gasteiger partial charge on any atom is 0.204 e. The molecule has 0 aromatic heterocycles. The molecule has 2 aromatic carbocycles. The van der Waals surface area contributed by atoms with Crippen LogP contribution in [-0.2, 0) is 10.1 Å². The lowest BCUT2D eigenvalue weighted by atomic mass is 9.84. The van der Waals surface area contributed by atoms with E-state index >= 15 is 0 Å². The van der Waals surface area contributed by atoms with Crippen LogP contribution in [0.5, 0.6) is 0 Å². The average molecular weight is 583 g/mol. The number of piperidine rings is 4. The van der Waals surface area contributed by atoms with Crippen molar-refractivity contribution in [3.05, 3.63) is 66.0 Å². The van der Waals surface area contributed by atoms with Crippen molar-refractivity contribution < 1.29 is 17.4 Å². The fourth-order valence-electron chi connectivity index (χ4n) is 8.86. The van der Waals surface area contributed by atoms with Gasteiger partial charge in [0, 0.05) is 77.7 Å². The van der Waals surface area contributed by atoms with Gasteiger partial charge in [0.15, 0.2) is 12.1 Å². The number of benzene rings is 3. The molecule has 1 aliphatic carbocycles. The van der Waals surface area contributed by atoms with Crippen LogP contribution in [-0.4, -0.2) is 37.1 Å². The lowest BCUT2D eigenvalue weighted by Gasteiger charge is -2.47. The first-order chi connectivity index (χ1) is 20.5. The molecule has 5 heterocycles. The molecular weight excluding hydrogens is 544 g/mol. The summed E-state index contributed by atoms with van der Waals surface area (Å²) in [6.07, 6.45) is 15.0. The molecular formula is C35H38N2O4S. The van der Waals surface area contributed by atoms with Crippen LogP contribution in [0.1, 0.15) is 77.0 Å². The Labute approximate surface area is 247 Å². The number of nitrogens with zero attached hydrogens (tertiary/aromatic N) is 2. The van der Waals surface area contributed by atoms with Gasteiger partial charge in [-0.25, -0.2) is 13.0 Å². The molecule has 42 heavy (non-hydrogen) atoms. The van der Waals surface area contributed by atoms with Crippen LogP contribution >= 0.6 is 0 Å². The Morgan fingerprint density at radius 3 is 2.05 bits per heavy atom. The lowest BCUT2D eigenvalue weighted by Crippen LogP contribution is -2.51. The number of hydrogen-bond donors (Lipinski definition) is 0. The van der Waals surface area contributed by atoms with E-state index in [-0.39, 0.29) is 4.90 Å². The molecule has 6 nitrogen and oxygen atoms in total. The van der Waals surface area contributed by atoms with E-state index in [4.69, 9.17) is 4.42 Å². The van der Waals surface area contributed by atoms with Crippen molar-refractivity contribution in [3.8, 4) is 22.5 Å². The molecule has 0 radical (unpaired) electrons. The van der Waals surface area contributed by atoms with Gasteiger partial charge in [-0.15, -0.1) is 0 Å². The second-order valence-electron chi connectivity index (χ2n) is 12.9. The Kier molecular flexibility index (Phi) is 6.45. The number of fused-ring (bicyclic) bond motifs is 6. The zero-order valence-corrected chi connectivity index (χ0v) is 24.8. The first-order valence-corrected chi connectivity index (χ1v) is 17.3. The van der Waals surface area contributed by atoms with Gasteiger partial charge < -0.3 is 13.9 Å². The quantitative estimate of drug-likeness (QED) is 0.149. The fourth-order valence-corrected chi connectivity index (χ4v) is 9.54. The summed E-state index contributed by atoms with van der Waals surface area (Å²) in [5.41, 5.74) is 3.91. The van der Waals surface area contributed by atoms with Gasteiger partial charge in [0.2, 0.25) is 5.36 Å². The van der Waals surface area contributed by atoms with E-state index in [1.165, 1.54) is 94.2 Å². The summed E-state index contributed by atoms with van der Waals surface area (Å²) >= 11 is 0. The highest BCUT2D eigenvalue weighted by Gasteiger charge is 2.38. The zero-order chi connectivity index (χ0) is 28.4. The molecule has 2 aromatic rings. The average Bonchev–Trinajstić information content (AvgIpc) is 2.98. The first-order valence-electron chi connectivity index (χ1n) is 15.9. The Morgan fingerprint density at radius 2 is 1.38 bits per heavy atom. The highest BCUT2D eigenvalue weighted by atomic mass is 32.2. The smallest absolute Gasteiger partial charge is 0.204 e. The predicted molar refractivity (Wildman–Crippen MR) is 165 cm³/mol. The van der Waals surface area contributed by atoms with Gasteiger partial charge >= 0.3 is 0 Å². The van der Waals surface area contributed by atoms with Crippen LogP contribution in [0, 0.1) is 0 Å². The molecule has 7 heteroatoms. The van der Waals surface area contributed by atoms with Gasteiger partial charge in [-0.2, -0.15) is 0 Å². The third-order valence-corrected chi connectivity index (χ3v) is 11.5. The van der Waals surface area contributed by atoms with Crippen molar-refractivity contribution in [3.63, 3.8) is 0 Å². The van der Waals surface area contributed by atoms with Crippen molar-refractivity contribution in [1.82, 2.24) is 4.58 Å². The standard InChI is InChI=1S/C35H38N2O4S/c38-42(39,40)34-16-2-1-15-31(34)35-29-19-17-27(36-23-7-3-8-24(36)10-4-9-23)21-32(29)41-33-22-28(18-20-30(33)35)37-25-11-5-12-26(37)14-6-13-25/h1-2,15-26H,3-14H2. The summed E-state index contributed by atoms with van der Waals surface area (Å²) in [6, 6.07) is 21.6. The SMILES string of the molecule is O=S(=O)([O-])c1ccccc1-c1c2ccc(=[N+]3C4CCCC3CCC4)cc-2oc2cc(N3C4CCCC3CCC4)ccc12. The van der Waals surface area contributed by atoms with Crippen LogP contribution < -0.4 is 14.8 Å². The van der Waals surface area contributed by atoms with Crippen molar-refractivity contribution >= 4 is 26.8 Å². The number of hydrogen-bond acceptors (Lipinski definition) is 5. The summed E-state index contributed by atoms with van der Waals surface area (Å²) in [6.45, 7) is 0. The van der Waals surface area contributed by atoms with Gasteiger partial charge in [0.25, 0.3) is 0 Å². The minimum atomic E-state index is -4.69. The fraction of sp³-hybridized carbons (Fsp3) is 0.457. The molecule has 0 saturated carbocycles. The Morgan fingerprint density at radius 1 is 0.738 bits per heavy atom. The number of anilines is 1. The maximum absolute atomic E-state index is 12.5. The van der Waals surface area contributed by atoms with Crippen LogP contribution in [0.2, 0.25) is 0 Å². The highest BCUT2D eigenvalue weighted by molar-refractivity contribution is 7.85. The highest BCUT2D eigenvalue weighted by Crippen LogP contribution is 2.45. The molecule has 4 saturated heterocycles. The van der Waals surface area contributed by atoms with Crippen molar-refractivity contribution in [2.24, 2.45) is 0 Å². The van der Waals surface area contributed by atoms with Gasteiger partial charge in [-0.05, 0) is 75.6 Å². The monoisotopic (exact) mass is 582 g/mol. The van der Waals surface area contributed by atoms with Gasteiger partial charge in [-0.1, -0.05) is 18.2 Å². The van der Waals surface area contributed by atoms with Crippen LogP contribution in [0.3, 0.4) is 0 Å². The topological polar surface area (TPSA) is 76.6 Å². The van der Waals surface area contributed by atoms with Gasteiger partial charge in [0.1, 0.15) is 21.5 Å². The normalized spacial score (nSPS) is 26.1. The maximum atomic E-state index is 12.5. The largest absolute Gasteiger partial charge is 0.744 e. The molecule has 0 atom stereocenters. The third kappa shape index (κ3) is 4.39. The van der Waals surface area contributed by atoms with E-state index in [0.717, 1.165) is 27.9 Å². The van der Waals surface area contributed by atoms with Crippen LogP contribution in [0.15, 0.2) is 70.0 Å². The molecule has 0 spiro atoms. The Balaban J connectivity index is 1.39. The Bertz CT molecular complexity index is 1780. The molecule has 4 bridgehead atoms. The van der Waals surface area contributed by atoms with E-state index in [0.29, 0.717) is 29.7 Å². The minimum absolute atomic E-state index is 0.192. The zero-order valence-electron chi connectivity index (χ0n) is 24.0. The van der Waals surface area contributed by atoms with Crippen molar-refractivity contribution in [2.75, 3.05) is 4.90 Å². The van der Waals surface area contributed by atoms with Crippen LogP contribution in [0.25, 0.3) is 33.4 Å². The van der Waals surface area contributed by atoms with E-state index in [1.807, 2.05) is 0 Å². The van der Waals surface area contributed by atoms with E-state index in [9.17, 15) is 13.0 Å². The van der Waals surface area contributed by atoms with E-state index in [1.54, 1.807) is 18.2 Å². The van der Waals surface area contributed by atoms with Crippen molar-refractivity contribution in [1.29, 1.82) is 0 Å². The summed E-state index contributed by atoms with van der Waals surface area (Å²) in [4.78, 5) is 2.43. The molecule has 0 amide bonds. The van der Waals surface area contributed by atoms with Crippen molar-refractivity contribution in [2.45, 2.75) is 106 Å². The van der Waals surface area contributed by atoms with Gasteiger partial charge in [0.05, 0.1) is 11.0 Å². The molecule has 0 N–H and O–H groups in total. The summed E-state index contributed by atoms with van der Waals surface area (Å²) in [5, 5.41) is 2.00. The Hall–Kier alpha value is -3.16. The molecule has 4 fully saturated rings. The summed E-state index contributed by atoms with van der Waals surface area (Å²) in [5.74, 6) is 0.729. The van der Waals surface area contributed by atoms with Gasteiger partial charge in [-0.3, -0.25) is 0 Å². The lowest BCUT2D eigenvalue weighted by molar-refractivity contribution is 0.196. The van der Waals surface area contributed by atoms with E-state index < -0.39 is 10.1 Å². The third-order valence-electron chi connectivity index (χ3n) is 10.6. The summed E-state index contributed by atoms with van der Waals surface area (Å²) < 4.78 is 46.7. The minimum Gasteiger partial charge on any atom is -0.744 e. The molecule has 0 unspecified atom stereocenters. The second kappa shape index (κ2) is 10.2. The molecule has 8 rings (SSSR count).